The van der Waals surface area contributed by atoms with Crippen LogP contribution in [0.4, 0.5) is 16.3 Å². The second-order valence-corrected chi connectivity index (χ2v) is 11.3. The van der Waals surface area contributed by atoms with Crippen LogP contribution in [0.25, 0.3) is 0 Å². The van der Waals surface area contributed by atoms with Crippen LogP contribution in [0.15, 0.2) is 87.9 Å². The van der Waals surface area contributed by atoms with Crippen LogP contribution in [-0.2, 0) is 14.8 Å². The van der Waals surface area contributed by atoms with Crippen LogP contribution in [-0.4, -0.2) is 40.5 Å². The van der Waals surface area contributed by atoms with Gasteiger partial charge in [0, 0.05) is 17.4 Å². The third-order valence-corrected chi connectivity index (χ3v) is 9.11. The number of pyridine rings is 1. The van der Waals surface area contributed by atoms with Crippen LogP contribution in [0.5, 0.6) is 0 Å². The van der Waals surface area contributed by atoms with Crippen LogP contribution in [0.2, 0.25) is 0 Å². The Labute approximate surface area is 198 Å². The summed E-state index contributed by atoms with van der Waals surface area (Å²) in [6.45, 7) is 1.75. The van der Waals surface area contributed by atoms with Crippen molar-refractivity contribution < 1.29 is 18.0 Å². The number of hydrogen-bond donors (Lipinski definition) is 3. The van der Waals surface area contributed by atoms with Gasteiger partial charge in [0.15, 0.2) is 0 Å². The minimum atomic E-state index is -4.04. The van der Waals surface area contributed by atoms with E-state index < -0.39 is 25.3 Å². The number of nitrogens with one attached hydrogen (secondary N) is 2. The molecule has 5 rings (SSSR count). The molecule has 0 fully saturated rings. The zero-order valence-corrected chi connectivity index (χ0v) is 19.5. The molecule has 3 aliphatic rings. The number of primary sulfonamides is 1. The van der Waals surface area contributed by atoms with Crippen molar-refractivity contribution in [2.24, 2.45) is 10.1 Å². The first-order chi connectivity index (χ1) is 16.3. The molecule has 2 amide bonds. The summed E-state index contributed by atoms with van der Waals surface area (Å²) in [5, 5.41) is 10.7. The van der Waals surface area contributed by atoms with Gasteiger partial charge in [0.1, 0.15) is 10.6 Å². The second-order valence-electron chi connectivity index (χ2n) is 7.66. The van der Waals surface area contributed by atoms with E-state index in [-0.39, 0.29) is 10.1 Å². The number of rotatable bonds is 5. The maximum atomic E-state index is 13.6. The zero-order chi connectivity index (χ0) is 24.1. The molecule has 0 saturated carbocycles. The number of carbonyl (C=O) groups excluding carboxylic acids is 2. The maximum Gasteiger partial charge on any atom is 0.282 e. The van der Waals surface area contributed by atoms with Gasteiger partial charge in [-0.1, -0.05) is 46.9 Å². The molecule has 2 bridgehead atoms. The number of allylic oxidation sites excluding steroid dienone is 4. The van der Waals surface area contributed by atoms with Gasteiger partial charge < -0.3 is 10.6 Å². The normalized spacial score (nSPS) is 22.8. The number of benzene rings is 1. The van der Waals surface area contributed by atoms with Crippen LogP contribution in [0.1, 0.15) is 12.5 Å². The lowest BCUT2D eigenvalue weighted by Crippen LogP contribution is -2.52. The average molecular weight is 494 g/mol. The van der Waals surface area contributed by atoms with E-state index in [4.69, 9.17) is 10.1 Å². The quantitative estimate of drug-likeness (QED) is 0.433. The average Bonchev–Trinajstić information content (AvgIpc) is 3.14. The number of nitrogens with two attached hydrogens (primary N) is 1. The first-order valence-corrected chi connectivity index (χ1v) is 12.9. The Kier molecular flexibility index (Phi) is 5.19. The first-order valence-electron chi connectivity index (χ1n) is 10.1. The Morgan fingerprint density at radius 2 is 2.03 bits per heavy atom. The summed E-state index contributed by atoms with van der Waals surface area (Å²) in [6.07, 6.45) is 7.21. The predicted molar refractivity (Wildman–Crippen MR) is 134 cm³/mol. The lowest BCUT2D eigenvalue weighted by atomic mass is 9.70. The van der Waals surface area contributed by atoms with Crippen molar-refractivity contribution in [1.29, 1.82) is 0 Å². The molecule has 1 aliphatic heterocycles. The lowest BCUT2D eigenvalue weighted by Gasteiger charge is -2.48. The van der Waals surface area contributed by atoms with Crippen molar-refractivity contribution in [3.63, 3.8) is 0 Å². The van der Waals surface area contributed by atoms with E-state index in [0.717, 1.165) is 0 Å². The SMILES string of the molecule is CC1=S(C(=O)Nc2ccccn2)C2(C(c3cccc(NC=O)c3)=N1)c1cccc2c1S(N)(=O)=O. The molecule has 2 heterocycles. The van der Waals surface area contributed by atoms with E-state index in [0.29, 0.717) is 45.3 Å². The number of aliphatic imine (C=N–C) groups is 1. The van der Waals surface area contributed by atoms with Crippen molar-refractivity contribution in [2.45, 2.75) is 11.7 Å². The summed E-state index contributed by atoms with van der Waals surface area (Å²) in [5.74, 6) is 0.378. The Bertz CT molecular complexity index is 1520. The molecular formula is C23H19N5O4S2. The molecule has 1 aromatic carbocycles. The van der Waals surface area contributed by atoms with E-state index in [9.17, 15) is 18.0 Å². The van der Waals surface area contributed by atoms with Gasteiger partial charge in [-0.15, -0.1) is 0 Å². The highest BCUT2D eigenvalue weighted by atomic mass is 32.2. The highest BCUT2D eigenvalue weighted by molar-refractivity contribution is 8.31. The summed E-state index contributed by atoms with van der Waals surface area (Å²) >= 11 is 0. The Balaban J connectivity index is 1.70. The number of aromatic nitrogens is 1. The molecular weight excluding hydrogens is 474 g/mol. The number of nitrogens with zero attached hydrogens (tertiary/aromatic N) is 2. The number of hydrogen-bond acceptors (Lipinski definition) is 6. The van der Waals surface area contributed by atoms with Crippen molar-refractivity contribution in [3.05, 3.63) is 88.5 Å². The van der Waals surface area contributed by atoms with E-state index in [2.05, 4.69) is 15.6 Å². The highest BCUT2D eigenvalue weighted by Crippen LogP contribution is 2.63. The Hall–Kier alpha value is -3.67. The van der Waals surface area contributed by atoms with E-state index in [1.54, 1.807) is 67.7 Å². The van der Waals surface area contributed by atoms with E-state index in [1.165, 1.54) is 0 Å². The monoisotopic (exact) mass is 493 g/mol. The molecule has 0 saturated heterocycles. The fourth-order valence-corrected chi connectivity index (χ4v) is 8.21. The van der Waals surface area contributed by atoms with Crippen LogP contribution in [0, 0.1) is 0 Å². The van der Waals surface area contributed by atoms with Crippen LogP contribution in [0.3, 0.4) is 0 Å². The van der Waals surface area contributed by atoms with Crippen LogP contribution < -0.4 is 15.8 Å². The smallest absolute Gasteiger partial charge is 0.282 e. The summed E-state index contributed by atoms with van der Waals surface area (Å²) in [7, 11) is -5.24. The molecule has 11 heteroatoms. The van der Waals surface area contributed by atoms with Crippen LogP contribution >= 0.6 is 10.5 Å². The summed E-state index contributed by atoms with van der Waals surface area (Å²) in [5.41, 5.74) is 2.58. The number of amides is 2. The molecule has 1 spiro atoms. The first kappa shape index (κ1) is 22.1. The van der Waals surface area contributed by atoms with Crippen molar-refractivity contribution >= 4 is 54.4 Å². The molecule has 9 nitrogen and oxygen atoms in total. The maximum absolute atomic E-state index is 13.6. The molecule has 2 atom stereocenters. The predicted octanol–water partition coefficient (Wildman–Crippen LogP) is 2.89. The van der Waals surface area contributed by atoms with Gasteiger partial charge in [0.05, 0.1) is 15.6 Å². The minimum absolute atomic E-state index is 0.0164. The zero-order valence-electron chi connectivity index (χ0n) is 17.8. The van der Waals surface area contributed by atoms with Crippen molar-refractivity contribution in [1.82, 2.24) is 4.98 Å². The standard InChI is InChI=1S/C23H19N5O4S2/c1-14-27-21(15-6-4-7-16(12-15)26-13-29)23(17-8-5-9-18(23)20(17)34(24,31)32)33(14)22(30)28-19-10-2-3-11-25-19/h2-13H,1H3,(H,26,29)(H2,24,31,32)(H,25,28,30). The van der Waals surface area contributed by atoms with Gasteiger partial charge in [0.2, 0.25) is 16.4 Å². The summed E-state index contributed by atoms with van der Waals surface area (Å²) < 4.78 is 23.8. The number of carbonyl (C=O) groups is 2. The summed E-state index contributed by atoms with van der Waals surface area (Å²) in [6, 6.07) is 12.2. The van der Waals surface area contributed by atoms with Gasteiger partial charge >= 0.3 is 0 Å². The van der Waals surface area contributed by atoms with Gasteiger partial charge in [-0.2, -0.15) is 0 Å². The molecule has 1 aromatic heterocycles. The molecule has 2 unspecified atom stereocenters. The third kappa shape index (κ3) is 3.20. The minimum Gasteiger partial charge on any atom is -0.329 e. The molecule has 2 aromatic rings. The molecule has 0 radical (unpaired) electrons. The molecule has 172 valence electrons. The molecule has 4 N–H and O–H groups in total. The Morgan fingerprint density at radius 3 is 2.68 bits per heavy atom. The van der Waals surface area contributed by atoms with Crippen molar-refractivity contribution in [2.75, 3.05) is 10.6 Å². The molecule has 2 aliphatic carbocycles. The molecule has 34 heavy (non-hydrogen) atoms. The topological polar surface area (TPSA) is 144 Å². The van der Waals surface area contributed by atoms with Gasteiger partial charge in [0.25, 0.3) is 5.24 Å². The third-order valence-electron chi connectivity index (χ3n) is 5.70. The van der Waals surface area contributed by atoms with Crippen molar-refractivity contribution in [3.8, 4) is 0 Å². The second kappa shape index (κ2) is 7.97. The van der Waals surface area contributed by atoms with E-state index >= 15 is 0 Å². The fourth-order valence-electron chi connectivity index (χ4n) is 4.51. The van der Waals surface area contributed by atoms with Gasteiger partial charge in [-0.05, 0) is 42.3 Å². The summed E-state index contributed by atoms with van der Waals surface area (Å²) in [4.78, 5) is 34.1. The van der Waals surface area contributed by atoms with Gasteiger partial charge in [-0.3, -0.25) is 9.59 Å². The van der Waals surface area contributed by atoms with Gasteiger partial charge in [-0.25, -0.2) is 23.5 Å². The Morgan fingerprint density at radius 1 is 1.21 bits per heavy atom. The number of anilines is 2. The highest BCUT2D eigenvalue weighted by Gasteiger charge is 2.62. The fraction of sp³-hybridized carbons (Fsp3) is 0.0870. The lowest BCUT2D eigenvalue weighted by molar-refractivity contribution is -0.105. The largest absolute Gasteiger partial charge is 0.329 e. The van der Waals surface area contributed by atoms with E-state index in [1.807, 2.05) is 6.07 Å². The number of sulfonamides is 1.